The van der Waals surface area contributed by atoms with Crippen LogP contribution < -0.4 is 19.5 Å². The van der Waals surface area contributed by atoms with Crippen LogP contribution in [0.15, 0.2) is 94.7 Å². The molecule has 0 aromatic heterocycles. The van der Waals surface area contributed by atoms with Crippen LogP contribution >= 0.6 is 0 Å². The van der Waals surface area contributed by atoms with Gasteiger partial charge in [-0.15, -0.1) is 0 Å². The Hall–Kier alpha value is -4.55. The van der Waals surface area contributed by atoms with Gasteiger partial charge in [-0.3, -0.25) is 14.2 Å². The molecule has 0 aliphatic heterocycles. The van der Waals surface area contributed by atoms with Crippen LogP contribution in [0, 0.1) is 13.8 Å². The van der Waals surface area contributed by atoms with Crippen LogP contribution in [0.5, 0.6) is 11.5 Å². The number of sulfonamides is 2. The Balaban J connectivity index is 1.59. The number of phenolic OH excluding ortho intramolecular Hbond substituents is 1. The molecule has 208 valence electrons. The lowest BCUT2D eigenvalue weighted by molar-refractivity contribution is 0.102. The first-order valence-corrected chi connectivity index (χ1v) is 14.9. The highest BCUT2D eigenvalue weighted by molar-refractivity contribution is 7.93. The zero-order valence-corrected chi connectivity index (χ0v) is 23.4. The quantitative estimate of drug-likeness (QED) is 0.206. The maximum Gasteiger partial charge on any atom is 0.262 e. The Morgan fingerprint density at radius 1 is 0.775 bits per heavy atom. The van der Waals surface area contributed by atoms with E-state index in [2.05, 4.69) is 14.8 Å². The highest BCUT2D eigenvalue weighted by Gasteiger charge is 2.22. The molecular weight excluding hydrogens is 554 g/mol. The van der Waals surface area contributed by atoms with Crippen molar-refractivity contribution in [2.24, 2.45) is 0 Å². The summed E-state index contributed by atoms with van der Waals surface area (Å²) in [6, 6.07) is 20.6. The molecule has 0 heterocycles. The number of amides is 1. The van der Waals surface area contributed by atoms with Gasteiger partial charge in [0.25, 0.3) is 26.0 Å². The zero-order valence-electron chi connectivity index (χ0n) is 21.8. The van der Waals surface area contributed by atoms with E-state index in [0.717, 1.165) is 17.7 Å². The molecule has 40 heavy (non-hydrogen) atoms. The summed E-state index contributed by atoms with van der Waals surface area (Å²) in [5.74, 6) is -0.605. The fraction of sp³-hybridized carbons (Fsp3) is 0.107. The molecule has 4 aromatic rings. The summed E-state index contributed by atoms with van der Waals surface area (Å²) in [5.41, 5.74) is 1.35. The summed E-state index contributed by atoms with van der Waals surface area (Å²) >= 11 is 0. The minimum Gasteiger partial charge on any atom is -0.506 e. The smallest absolute Gasteiger partial charge is 0.262 e. The highest BCUT2D eigenvalue weighted by Crippen LogP contribution is 2.30. The fourth-order valence-electron chi connectivity index (χ4n) is 3.81. The molecular formula is C28H27N3O7S2. The van der Waals surface area contributed by atoms with Crippen molar-refractivity contribution < 1.29 is 31.5 Å². The minimum absolute atomic E-state index is 0.00495. The lowest BCUT2D eigenvalue weighted by atomic mass is 10.1. The third-order valence-electron chi connectivity index (χ3n) is 5.92. The molecule has 0 unspecified atom stereocenters. The Bertz CT molecular complexity index is 1790. The molecule has 0 fully saturated rings. The van der Waals surface area contributed by atoms with E-state index in [1.54, 1.807) is 50.2 Å². The normalized spacial score (nSPS) is 11.5. The second-order valence-electron chi connectivity index (χ2n) is 8.89. The summed E-state index contributed by atoms with van der Waals surface area (Å²) in [5, 5.41) is 12.8. The summed E-state index contributed by atoms with van der Waals surface area (Å²) in [7, 11) is -6.64. The summed E-state index contributed by atoms with van der Waals surface area (Å²) in [4.78, 5) is 13.1. The zero-order chi connectivity index (χ0) is 29.1. The van der Waals surface area contributed by atoms with E-state index < -0.39 is 26.0 Å². The van der Waals surface area contributed by atoms with Crippen LogP contribution in [0.25, 0.3) is 0 Å². The van der Waals surface area contributed by atoms with E-state index in [4.69, 9.17) is 4.74 Å². The predicted octanol–water partition coefficient (Wildman–Crippen LogP) is 4.87. The number of para-hydroxylation sites is 1. The molecule has 4 N–H and O–H groups in total. The maximum atomic E-state index is 13.2. The SMILES string of the molecule is COc1ccc(NS(=O)(=O)c2ccc(O)c(NC(=O)c3ccccc3NS(=O)(=O)c3cc(C)ccc3C)c2)cc1. The van der Waals surface area contributed by atoms with Gasteiger partial charge in [0.1, 0.15) is 11.5 Å². The fourth-order valence-corrected chi connectivity index (χ4v) is 6.31. The maximum absolute atomic E-state index is 13.2. The molecule has 0 saturated heterocycles. The summed E-state index contributed by atoms with van der Waals surface area (Å²) in [6.07, 6.45) is 0. The standard InChI is InChI=1S/C28H27N3O7S2/c1-18-8-9-19(2)27(16-18)40(36,37)31-24-7-5-4-6-23(24)28(33)29-25-17-22(14-15-26(25)32)39(34,35)30-20-10-12-21(38-3)13-11-20/h4-17,30-32H,1-3H3,(H,29,33). The number of hydrogen-bond donors (Lipinski definition) is 4. The van der Waals surface area contributed by atoms with Gasteiger partial charge >= 0.3 is 0 Å². The third kappa shape index (κ3) is 6.35. The minimum atomic E-state index is -4.09. The summed E-state index contributed by atoms with van der Waals surface area (Å²) < 4.78 is 62.1. The van der Waals surface area contributed by atoms with Crippen LogP contribution in [0.1, 0.15) is 21.5 Å². The van der Waals surface area contributed by atoms with Gasteiger partial charge in [0.2, 0.25) is 0 Å². The third-order valence-corrected chi connectivity index (χ3v) is 8.80. The molecule has 0 saturated carbocycles. The Labute approximate surface area is 232 Å². The van der Waals surface area contributed by atoms with Gasteiger partial charge in [0, 0.05) is 5.69 Å². The van der Waals surface area contributed by atoms with Gasteiger partial charge in [-0.05, 0) is 85.6 Å². The first kappa shape index (κ1) is 28.5. The average molecular weight is 582 g/mol. The lowest BCUT2D eigenvalue weighted by Gasteiger charge is -2.15. The number of rotatable bonds is 9. The van der Waals surface area contributed by atoms with E-state index in [1.165, 1.54) is 43.5 Å². The van der Waals surface area contributed by atoms with E-state index in [9.17, 15) is 26.7 Å². The number of ether oxygens (including phenoxy) is 1. The van der Waals surface area contributed by atoms with Crippen molar-refractivity contribution in [2.75, 3.05) is 21.9 Å². The van der Waals surface area contributed by atoms with Crippen LogP contribution in [0.3, 0.4) is 0 Å². The molecule has 0 atom stereocenters. The number of hydrogen-bond acceptors (Lipinski definition) is 7. The van der Waals surface area contributed by atoms with Crippen LogP contribution in [0.2, 0.25) is 0 Å². The Kier molecular flexibility index (Phi) is 8.03. The molecule has 0 radical (unpaired) electrons. The van der Waals surface area contributed by atoms with E-state index in [1.807, 2.05) is 0 Å². The van der Waals surface area contributed by atoms with Crippen LogP contribution in [0.4, 0.5) is 17.1 Å². The van der Waals surface area contributed by atoms with Gasteiger partial charge in [0.15, 0.2) is 0 Å². The van der Waals surface area contributed by atoms with Gasteiger partial charge in [-0.25, -0.2) is 16.8 Å². The first-order chi connectivity index (χ1) is 18.9. The van der Waals surface area contributed by atoms with Crippen molar-refractivity contribution in [3.05, 3.63) is 102 Å². The Morgan fingerprint density at radius 2 is 1.48 bits per heavy atom. The Morgan fingerprint density at radius 3 is 2.17 bits per heavy atom. The molecule has 0 aliphatic rings. The molecule has 4 aromatic carbocycles. The van der Waals surface area contributed by atoms with Crippen molar-refractivity contribution in [3.63, 3.8) is 0 Å². The van der Waals surface area contributed by atoms with Crippen molar-refractivity contribution in [1.82, 2.24) is 0 Å². The molecule has 12 heteroatoms. The van der Waals surface area contributed by atoms with E-state index in [-0.39, 0.29) is 38.2 Å². The second-order valence-corrected chi connectivity index (χ2v) is 12.2. The van der Waals surface area contributed by atoms with Crippen molar-refractivity contribution >= 4 is 43.0 Å². The lowest BCUT2D eigenvalue weighted by Crippen LogP contribution is -2.19. The van der Waals surface area contributed by atoms with Gasteiger partial charge in [-0.2, -0.15) is 0 Å². The topological polar surface area (TPSA) is 151 Å². The first-order valence-electron chi connectivity index (χ1n) is 11.9. The second kappa shape index (κ2) is 11.3. The van der Waals surface area contributed by atoms with E-state index in [0.29, 0.717) is 11.3 Å². The predicted molar refractivity (Wildman–Crippen MR) is 153 cm³/mol. The van der Waals surface area contributed by atoms with Crippen molar-refractivity contribution in [3.8, 4) is 11.5 Å². The number of phenols is 1. The number of nitrogens with one attached hydrogen (secondary N) is 3. The van der Waals surface area contributed by atoms with E-state index >= 15 is 0 Å². The highest BCUT2D eigenvalue weighted by atomic mass is 32.2. The largest absolute Gasteiger partial charge is 0.506 e. The molecule has 1 amide bonds. The van der Waals surface area contributed by atoms with Crippen LogP contribution in [-0.4, -0.2) is 35.0 Å². The monoisotopic (exact) mass is 581 g/mol. The van der Waals surface area contributed by atoms with Crippen molar-refractivity contribution in [2.45, 2.75) is 23.6 Å². The molecule has 0 aliphatic carbocycles. The molecule has 4 rings (SSSR count). The molecule has 0 bridgehead atoms. The number of carbonyl (C=O) groups excluding carboxylic acids is 1. The number of carbonyl (C=O) groups is 1. The average Bonchev–Trinajstić information content (AvgIpc) is 2.91. The molecule has 10 nitrogen and oxygen atoms in total. The van der Waals surface area contributed by atoms with Gasteiger partial charge in [0.05, 0.1) is 33.8 Å². The van der Waals surface area contributed by atoms with Crippen molar-refractivity contribution in [1.29, 1.82) is 0 Å². The van der Waals surface area contributed by atoms with Crippen LogP contribution in [-0.2, 0) is 20.0 Å². The number of benzene rings is 4. The van der Waals surface area contributed by atoms with Gasteiger partial charge < -0.3 is 15.2 Å². The number of anilines is 3. The molecule has 0 spiro atoms. The summed E-state index contributed by atoms with van der Waals surface area (Å²) in [6.45, 7) is 3.44. The number of methoxy groups -OCH3 is 1. The number of aromatic hydroxyl groups is 1. The van der Waals surface area contributed by atoms with Gasteiger partial charge in [-0.1, -0.05) is 24.3 Å². The number of aryl methyl sites for hydroxylation is 2.